The van der Waals surface area contributed by atoms with Gasteiger partial charge in [0.15, 0.2) is 0 Å². The summed E-state index contributed by atoms with van der Waals surface area (Å²) >= 11 is 0. The Kier molecular flexibility index (Phi) is 4.75. The second-order valence-corrected chi connectivity index (χ2v) is 6.77. The number of aromatic nitrogens is 2. The monoisotopic (exact) mass is 394 g/mol. The number of hydrogen-bond donors (Lipinski definition) is 1. The first-order valence-electron chi connectivity index (χ1n) is 9.09. The number of nitrogens with zero attached hydrogens (tertiary/aromatic N) is 3. The van der Waals surface area contributed by atoms with E-state index in [0.717, 1.165) is 0 Å². The van der Waals surface area contributed by atoms with Gasteiger partial charge in [-0.3, -0.25) is 14.3 Å². The Morgan fingerprint density at radius 1 is 1.17 bits per heavy atom. The molecule has 2 aromatic carbocycles. The van der Waals surface area contributed by atoms with Crippen LogP contribution < -0.4 is 10.9 Å². The molecule has 1 atom stereocenters. The summed E-state index contributed by atoms with van der Waals surface area (Å²) in [5.41, 5.74) is 2.41. The topological polar surface area (TPSA) is 77.6 Å². The quantitative estimate of drug-likeness (QED) is 0.739. The summed E-state index contributed by atoms with van der Waals surface area (Å²) in [6, 6.07) is 15.0. The van der Waals surface area contributed by atoms with Gasteiger partial charge in [-0.25, -0.2) is 9.07 Å². The smallest absolute Gasteiger partial charge is 0.295 e. The number of hydrogen-bond acceptors (Lipinski definition) is 4. The Labute approximate surface area is 166 Å². The highest BCUT2D eigenvalue weighted by Crippen LogP contribution is 2.20. The molecule has 1 aromatic heterocycles. The largest absolute Gasteiger partial charge is 0.382 e. The van der Waals surface area contributed by atoms with Crippen molar-refractivity contribution in [3.63, 3.8) is 0 Å². The first-order valence-corrected chi connectivity index (χ1v) is 9.09. The van der Waals surface area contributed by atoms with E-state index in [4.69, 9.17) is 4.84 Å². The number of nitrogens with one attached hydrogen (secondary N) is 1. The van der Waals surface area contributed by atoms with Crippen molar-refractivity contribution < 1.29 is 14.0 Å². The lowest BCUT2D eigenvalue weighted by Gasteiger charge is -2.08. The Balaban J connectivity index is 1.53. The van der Waals surface area contributed by atoms with E-state index in [0.29, 0.717) is 22.7 Å². The highest BCUT2D eigenvalue weighted by molar-refractivity contribution is 6.06. The number of amides is 1. The third kappa shape index (κ3) is 3.44. The molecule has 1 aliphatic heterocycles. The van der Waals surface area contributed by atoms with Crippen LogP contribution in [0.15, 0.2) is 64.5 Å². The van der Waals surface area contributed by atoms with Crippen molar-refractivity contribution in [3.05, 3.63) is 82.0 Å². The van der Waals surface area contributed by atoms with Crippen molar-refractivity contribution in [1.82, 2.24) is 9.36 Å². The molecular weight excluding hydrogens is 375 g/mol. The SMILES string of the molecule is Cc1c(NC(=O)[C@@H]2CC(c3ccc(F)cc3)=NO2)c(=O)n(-c2ccccc2)n1C. The molecule has 148 valence electrons. The number of benzene rings is 2. The van der Waals surface area contributed by atoms with E-state index < -0.39 is 12.0 Å². The summed E-state index contributed by atoms with van der Waals surface area (Å²) in [5.74, 6) is -0.811. The average molecular weight is 394 g/mol. The zero-order chi connectivity index (χ0) is 20.5. The molecule has 1 N–H and O–H groups in total. The van der Waals surface area contributed by atoms with Crippen molar-refractivity contribution >= 4 is 17.3 Å². The lowest BCUT2D eigenvalue weighted by Crippen LogP contribution is -2.30. The zero-order valence-electron chi connectivity index (χ0n) is 15.9. The fraction of sp³-hybridized carbons (Fsp3) is 0.190. The molecule has 1 aliphatic rings. The van der Waals surface area contributed by atoms with Gasteiger partial charge in [0.25, 0.3) is 11.5 Å². The number of carbonyl (C=O) groups is 1. The Morgan fingerprint density at radius 3 is 2.55 bits per heavy atom. The number of halogens is 1. The van der Waals surface area contributed by atoms with Crippen LogP contribution in [0.3, 0.4) is 0 Å². The van der Waals surface area contributed by atoms with E-state index in [-0.39, 0.29) is 23.5 Å². The average Bonchev–Trinajstić information content (AvgIpc) is 3.29. The molecule has 4 rings (SSSR count). The van der Waals surface area contributed by atoms with Crippen LogP contribution in [-0.2, 0) is 16.7 Å². The minimum Gasteiger partial charge on any atom is -0.382 e. The summed E-state index contributed by atoms with van der Waals surface area (Å²) in [7, 11) is 1.75. The number of anilines is 1. The van der Waals surface area contributed by atoms with Crippen LogP contribution >= 0.6 is 0 Å². The minimum absolute atomic E-state index is 0.195. The van der Waals surface area contributed by atoms with Crippen LogP contribution in [0.4, 0.5) is 10.1 Å². The van der Waals surface area contributed by atoms with Gasteiger partial charge < -0.3 is 10.2 Å². The molecule has 0 unspecified atom stereocenters. The Morgan fingerprint density at radius 2 is 1.86 bits per heavy atom. The second-order valence-electron chi connectivity index (χ2n) is 6.77. The summed E-state index contributed by atoms with van der Waals surface area (Å²) < 4.78 is 16.3. The third-order valence-electron chi connectivity index (χ3n) is 4.94. The molecule has 7 nitrogen and oxygen atoms in total. The van der Waals surface area contributed by atoms with Crippen LogP contribution in [0, 0.1) is 12.7 Å². The predicted octanol–water partition coefficient (Wildman–Crippen LogP) is 2.76. The second kappa shape index (κ2) is 7.38. The normalized spacial score (nSPS) is 15.7. The van der Waals surface area contributed by atoms with Gasteiger partial charge in [0, 0.05) is 13.5 Å². The standard InChI is InChI=1S/C21H19FN4O3/c1-13-19(21(28)26(25(13)2)16-6-4-3-5-7-16)23-20(27)18-12-17(24-29-18)14-8-10-15(22)11-9-14/h3-11,18H,12H2,1-2H3,(H,23,27)/t18-/m0/s1. The Bertz CT molecular complexity index is 1150. The van der Waals surface area contributed by atoms with Gasteiger partial charge in [-0.2, -0.15) is 0 Å². The molecule has 3 aromatic rings. The van der Waals surface area contributed by atoms with Crippen LogP contribution in [0.2, 0.25) is 0 Å². The van der Waals surface area contributed by atoms with E-state index in [2.05, 4.69) is 10.5 Å². The van der Waals surface area contributed by atoms with Crippen molar-refractivity contribution in [1.29, 1.82) is 0 Å². The summed E-state index contributed by atoms with van der Waals surface area (Å²) in [5, 5.41) is 6.62. The molecule has 0 spiro atoms. The zero-order valence-corrected chi connectivity index (χ0v) is 15.9. The van der Waals surface area contributed by atoms with E-state index in [9.17, 15) is 14.0 Å². The molecule has 0 saturated carbocycles. The van der Waals surface area contributed by atoms with Gasteiger partial charge in [0.1, 0.15) is 11.5 Å². The number of oxime groups is 1. The maximum Gasteiger partial charge on any atom is 0.295 e. The van der Waals surface area contributed by atoms with Gasteiger partial charge in [-0.05, 0) is 36.8 Å². The first-order chi connectivity index (χ1) is 14.0. The number of rotatable bonds is 4. The van der Waals surface area contributed by atoms with Gasteiger partial charge >= 0.3 is 0 Å². The minimum atomic E-state index is -0.862. The van der Waals surface area contributed by atoms with Crippen molar-refractivity contribution in [2.75, 3.05) is 5.32 Å². The maximum absolute atomic E-state index is 13.1. The predicted molar refractivity (Wildman–Crippen MR) is 107 cm³/mol. The Hall–Kier alpha value is -3.68. The van der Waals surface area contributed by atoms with Crippen LogP contribution in [0.5, 0.6) is 0 Å². The number of carbonyl (C=O) groups excluding carboxylic acids is 1. The molecule has 0 radical (unpaired) electrons. The summed E-state index contributed by atoms with van der Waals surface area (Å²) in [6.45, 7) is 1.76. The fourth-order valence-electron chi connectivity index (χ4n) is 3.25. The van der Waals surface area contributed by atoms with Crippen LogP contribution in [-0.4, -0.2) is 27.1 Å². The van der Waals surface area contributed by atoms with E-state index in [1.807, 2.05) is 30.3 Å². The first kappa shape index (κ1) is 18.7. The molecule has 0 saturated heterocycles. The van der Waals surface area contributed by atoms with Crippen molar-refractivity contribution in [2.24, 2.45) is 12.2 Å². The lowest BCUT2D eigenvalue weighted by atomic mass is 10.0. The van der Waals surface area contributed by atoms with Crippen molar-refractivity contribution in [2.45, 2.75) is 19.4 Å². The molecule has 2 heterocycles. The van der Waals surface area contributed by atoms with E-state index in [1.165, 1.54) is 16.8 Å². The van der Waals surface area contributed by atoms with Gasteiger partial charge in [0.2, 0.25) is 6.10 Å². The van der Waals surface area contributed by atoms with Gasteiger partial charge in [-0.15, -0.1) is 0 Å². The van der Waals surface area contributed by atoms with E-state index in [1.54, 1.807) is 30.8 Å². The molecule has 0 aliphatic carbocycles. The summed E-state index contributed by atoms with van der Waals surface area (Å²) in [4.78, 5) is 30.8. The van der Waals surface area contributed by atoms with E-state index >= 15 is 0 Å². The maximum atomic E-state index is 13.1. The number of para-hydroxylation sites is 1. The van der Waals surface area contributed by atoms with Gasteiger partial charge in [-0.1, -0.05) is 35.5 Å². The van der Waals surface area contributed by atoms with Gasteiger partial charge in [0.05, 0.1) is 17.1 Å². The molecule has 0 fully saturated rings. The van der Waals surface area contributed by atoms with Crippen LogP contribution in [0.25, 0.3) is 5.69 Å². The highest BCUT2D eigenvalue weighted by atomic mass is 19.1. The summed E-state index contributed by atoms with van der Waals surface area (Å²) in [6.07, 6.45) is -0.629. The molecule has 29 heavy (non-hydrogen) atoms. The molecule has 8 heteroatoms. The fourth-order valence-corrected chi connectivity index (χ4v) is 3.25. The molecular formula is C21H19FN4O3. The molecule has 1 amide bonds. The lowest BCUT2D eigenvalue weighted by molar-refractivity contribution is -0.125. The molecule has 0 bridgehead atoms. The van der Waals surface area contributed by atoms with Crippen LogP contribution in [0.1, 0.15) is 17.7 Å². The third-order valence-corrected chi connectivity index (χ3v) is 4.94. The van der Waals surface area contributed by atoms with Crippen molar-refractivity contribution in [3.8, 4) is 5.69 Å². The highest BCUT2D eigenvalue weighted by Gasteiger charge is 2.30.